The van der Waals surface area contributed by atoms with Crippen LogP contribution in [0.2, 0.25) is 5.02 Å². The molecule has 100 valence electrons. The highest BCUT2D eigenvalue weighted by Gasteiger charge is 2.24. The van der Waals surface area contributed by atoms with E-state index in [1.54, 1.807) is 11.8 Å². The molecule has 0 unspecified atom stereocenters. The molecular weight excluding hydrogens is 258 g/mol. The Morgan fingerprint density at radius 1 is 1.67 bits per heavy atom. The van der Waals surface area contributed by atoms with Crippen molar-refractivity contribution in [2.45, 2.75) is 19.4 Å². The second-order valence-electron chi connectivity index (χ2n) is 4.00. The molecule has 0 saturated heterocycles. The third-order valence-electron chi connectivity index (χ3n) is 2.63. The minimum Gasteiger partial charge on any atom is -0.477 e. The van der Waals surface area contributed by atoms with Crippen LogP contribution in [-0.2, 0) is 11.3 Å². The van der Waals surface area contributed by atoms with Gasteiger partial charge in [0.25, 0.3) is 5.91 Å². The van der Waals surface area contributed by atoms with E-state index >= 15 is 0 Å². The van der Waals surface area contributed by atoms with Gasteiger partial charge in [0, 0.05) is 33.2 Å². The lowest BCUT2D eigenvalue weighted by molar-refractivity contribution is 0.0943. The first-order valence-electron chi connectivity index (χ1n) is 5.90. The molecule has 0 aliphatic carbocycles. The van der Waals surface area contributed by atoms with Crippen LogP contribution in [0.5, 0.6) is 5.88 Å². The Kier molecular flexibility index (Phi) is 4.43. The molecule has 0 saturated carbocycles. The molecule has 1 aromatic heterocycles. The molecule has 7 heteroatoms. The maximum Gasteiger partial charge on any atom is 0.273 e. The normalized spacial score (nSPS) is 13.9. The molecule has 1 aromatic rings. The number of nitrogens with zero attached hydrogens (tertiary/aromatic N) is 2. The van der Waals surface area contributed by atoms with Crippen LogP contribution in [0, 0.1) is 0 Å². The molecule has 0 spiro atoms. The molecule has 0 atom stereocenters. The summed E-state index contributed by atoms with van der Waals surface area (Å²) in [7, 11) is 1.62. The third-order valence-corrected chi connectivity index (χ3v) is 2.97. The zero-order valence-electron chi connectivity index (χ0n) is 10.2. The first-order chi connectivity index (χ1) is 8.74. The summed E-state index contributed by atoms with van der Waals surface area (Å²) >= 11 is 6.08. The van der Waals surface area contributed by atoms with Crippen LogP contribution in [0.4, 0.5) is 0 Å². The van der Waals surface area contributed by atoms with Gasteiger partial charge in [-0.2, -0.15) is 5.10 Å². The second-order valence-corrected chi connectivity index (χ2v) is 4.37. The standard InChI is InChI=1S/C11H16ClN3O3/c1-17-6-2-4-13-10(16)9-8(12)11-15(14-9)5-3-7-18-11/h2-7H2,1H3,(H,13,16). The first-order valence-corrected chi connectivity index (χ1v) is 6.28. The summed E-state index contributed by atoms with van der Waals surface area (Å²) in [6, 6.07) is 0. The van der Waals surface area contributed by atoms with E-state index in [0.717, 1.165) is 19.4 Å². The van der Waals surface area contributed by atoms with E-state index in [4.69, 9.17) is 21.1 Å². The Morgan fingerprint density at radius 3 is 3.22 bits per heavy atom. The molecule has 0 bridgehead atoms. The fourth-order valence-electron chi connectivity index (χ4n) is 1.74. The van der Waals surface area contributed by atoms with Crippen molar-refractivity contribution in [2.24, 2.45) is 0 Å². The molecule has 2 heterocycles. The topological polar surface area (TPSA) is 65.4 Å². The SMILES string of the molecule is COCCCNC(=O)c1nn2c(c1Cl)OCCC2. The monoisotopic (exact) mass is 273 g/mol. The molecule has 0 fully saturated rings. The number of carbonyl (C=O) groups is 1. The number of hydrogen-bond acceptors (Lipinski definition) is 4. The van der Waals surface area contributed by atoms with Crippen molar-refractivity contribution in [3.05, 3.63) is 10.7 Å². The van der Waals surface area contributed by atoms with Crippen molar-refractivity contribution >= 4 is 17.5 Å². The predicted octanol–water partition coefficient (Wildman–Crippen LogP) is 1.09. The van der Waals surface area contributed by atoms with E-state index in [2.05, 4.69) is 10.4 Å². The molecule has 6 nitrogen and oxygen atoms in total. The Labute approximate surface area is 110 Å². The molecule has 18 heavy (non-hydrogen) atoms. The Balaban J connectivity index is 2.00. The lowest BCUT2D eigenvalue weighted by Crippen LogP contribution is -2.26. The number of nitrogens with one attached hydrogen (secondary N) is 1. The number of aryl methyl sites for hydroxylation is 1. The predicted molar refractivity (Wildman–Crippen MR) is 66.2 cm³/mol. The molecule has 1 amide bonds. The molecule has 1 aliphatic rings. The number of aromatic nitrogens is 2. The average molecular weight is 274 g/mol. The summed E-state index contributed by atoms with van der Waals surface area (Å²) in [5.74, 6) is 0.214. The number of carbonyl (C=O) groups excluding carboxylic acids is 1. The summed E-state index contributed by atoms with van der Waals surface area (Å²) in [5.41, 5.74) is 0.228. The van der Waals surface area contributed by atoms with Crippen LogP contribution in [0.15, 0.2) is 0 Å². The average Bonchev–Trinajstić information content (AvgIpc) is 2.73. The number of hydrogen-bond donors (Lipinski definition) is 1. The van der Waals surface area contributed by atoms with E-state index in [-0.39, 0.29) is 11.6 Å². The molecular formula is C11H16ClN3O3. The van der Waals surface area contributed by atoms with Crippen molar-refractivity contribution in [1.82, 2.24) is 15.1 Å². The quantitative estimate of drug-likeness (QED) is 0.816. The van der Waals surface area contributed by atoms with Gasteiger partial charge in [-0.05, 0) is 6.42 Å². The largest absolute Gasteiger partial charge is 0.477 e. The minimum absolute atomic E-state index is 0.228. The maximum absolute atomic E-state index is 11.9. The molecule has 1 aliphatic heterocycles. The summed E-state index contributed by atoms with van der Waals surface area (Å²) in [4.78, 5) is 11.9. The number of fused-ring (bicyclic) bond motifs is 1. The first kappa shape index (κ1) is 13.2. The van der Waals surface area contributed by atoms with Crippen LogP contribution in [-0.4, -0.2) is 42.6 Å². The van der Waals surface area contributed by atoms with Gasteiger partial charge in [-0.3, -0.25) is 4.79 Å². The van der Waals surface area contributed by atoms with Gasteiger partial charge in [-0.25, -0.2) is 4.68 Å². The highest BCUT2D eigenvalue weighted by Crippen LogP contribution is 2.30. The third kappa shape index (κ3) is 2.76. The maximum atomic E-state index is 11.9. The molecule has 2 rings (SSSR count). The van der Waals surface area contributed by atoms with Crippen molar-refractivity contribution in [1.29, 1.82) is 0 Å². The zero-order chi connectivity index (χ0) is 13.0. The van der Waals surface area contributed by atoms with Crippen molar-refractivity contribution in [3.8, 4) is 5.88 Å². The number of rotatable bonds is 5. The zero-order valence-corrected chi connectivity index (χ0v) is 11.0. The number of amides is 1. The summed E-state index contributed by atoms with van der Waals surface area (Å²) in [6.07, 6.45) is 1.63. The molecule has 0 radical (unpaired) electrons. The fraction of sp³-hybridized carbons (Fsp3) is 0.636. The minimum atomic E-state index is -0.276. The van der Waals surface area contributed by atoms with E-state index in [0.29, 0.717) is 30.7 Å². The molecule has 1 N–H and O–H groups in total. The van der Waals surface area contributed by atoms with Crippen molar-refractivity contribution < 1.29 is 14.3 Å². The van der Waals surface area contributed by atoms with Crippen molar-refractivity contribution in [3.63, 3.8) is 0 Å². The number of methoxy groups -OCH3 is 1. The van der Waals surface area contributed by atoms with Crippen LogP contribution in [0.3, 0.4) is 0 Å². The van der Waals surface area contributed by atoms with Crippen molar-refractivity contribution in [2.75, 3.05) is 26.9 Å². The van der Waals surface area contributed by atoms with Crippen LogP contribution in [0.25, 0.3) is 0 Å². The number of halogens is 1. The van der Waals surface area contributed by atoms with E-state index in [9.17, 15) is 4.79 Å². The van der Waals surface area contributed by atoms with Crippen LogP contribution in [0.1, 0.15) is 23.3 Å². The summed E-state index contributed by atoms with van der Waals surface area (Å²) < 4.78 is 11.9. The summed E-state index contributed by atoms with van der Waals surface area (Å²) in [5, 5.41) is 7.21. The van der Waals surface area contributed by atoms with Gasteiger partial charge in [0.1, 0.15) is 5.02 Å². The lowest BCUT2D eigenvalue weighted by Gasteiger charge is -2.14. The second kappa shape index (κ2) is 6.06. The highest BCUT2D eigenvalue weighted by molar-refractivity contribution is 6.34. The highest BCUT2D eigenvalue weighted by atomic mass is 35.5. The van der Waals surface area contributed by atoms with Gasteiger partial charge in [0.05, 0.1) is 6.61 Å². The Morgan fingerprint density at radius 2 is 2.50 bits per heavy atom. The van der Waals surface area contributed by atoms with Gasteiger partial charge in [0.2, 0.25) is 5.88 Å². The van der Waals surface area contributed by atoms with Gasteiger partial charge in [-0.15, -0.1) is 0 Å². The van der Waals surface area contributed by atoms with Crippen LogP contribution < -0.4 is 10.1 Å². The van der Waals surface area contributed by atoms with Gasteiger partial charge in [0.15, 0.2) is 5.69 Å². The van der Waals surface area contributed by atoms with E-state index < -0.39 is 0 Å². The van der Waals surface area contributed by atoms with E-state index in [1.165, 1.54) is 0 Å². The van der Waals surface area contributed by atoms with Gasteiger partial charge in [-0.1, -0.05) is 11.6 Å². The number of ether oxygens (including phenoxy) is 2. The van der Waals surface area contributed by atoms with Crippen LogP contribution >= 0.6 is 11.6 Å². The van der Waals surface area contributed by atoms with E-state index in [1.807, 2.05) is 0 Å². The molecule has 0 aromatic carbocycles. The Hall–Kier alpha value is -1.27. The smallest absolute Gasteiger partial charge is 0.273 e. The lowest BCUT2D eigenvalue weighted by atomic mass is 10.3. The van der Waals surface area contributed by atoms with Gasteiger partial charge < -0.3 is 14.8 Å². The Bertz CT molecular complexity index is 433. The summed E-state index contributed by atoms with van der Waals surface area (Å²) in [6.45, 7) is 2.48. The van der Waals surface area contributed by atoms with Gasteiger partial charge >= 0.3 is 0 Å². The fourth-order valence-corrected chi connectivity index (χ4v) is 2.02.